The summed E-state index contributed by atoms with van der Waals surface area (Å²) in [6.45, 7) is 5.67. The molecule has 0 N–H and O–H groups in total. The first-order valence-corrected chi connectivity index (χ1v) is 5.84. The van der Waals surface area contributed by atoms with E-state index in [4.69, 9.17) is 4.74 Å². The van der Waals surface area contributed by atoms with Crippen LogP contribution in [0.2, 0.25) is 0 Å². The highest BCUT2D eigenvalue weighted by Gasteiger charge is 1.64. The molecule has 17 heavy (non-hydrogen) atoms. The lowest BCUT2D eigenvalue weighted by Gasteiger charge is -1.86. The fourth-order valence-electron chi connectivity index (χ4n) is 0.902. The molecule has 0 amide bonds. The molecule has 0 aliphatic rings. The average Bonchev–Trinajstić information content (AvgIpc) is 2.45. The van der Waals surface area contributed by atoms with Crippen molar-refractivity contribution in [3.63, 3.8) is 0 Å². The van der Waals surface area contributed by atoms with Gasteiger partial charge in [-0.05, 0) is 26.0 Å². The molecule has 1 aromatic carbocycles. The maximum Gasteiger partial charge on any atom is 0.0437 e. The average molecular weight is 231 g/mol. The Morgan fingerprint density at radius 3 is 1.12 bits per heavy atom. The number of benzene rings is 1. The second-order valence-electron chi connectivity index (χ2n) is 2.96. The molecule has 2 rings (SSSR count). The summed E-state index contributed by atoms with van der Waals surface area (Å²) in [5, 5.41) is 0. The number of hydrogen-bond acceptors (Lipinski definition) is 2. The van der Waals surface area contributed by atoms with Crippen LogP contribution >= 0.6 is 0 Å². The van der Waals surface area contributed by atoms with Crippen LogP contribution in [0.5, 0.6) is 0 Å². The predicted molar refractivity (Wildman–Crippen MR) is 72.8 cm³/mol. The van der Waals surface area contributed by atoms with Crippen LogP contribution in [0.4, 0.5) is 0 Å². The first-order valence-electron chi connectivity index (χ1n) is 5.84. The minimum absolute atomic E-state index is 0.844. The third kappa shape index (κ3) is 14.3. The first-order chi connectivity index (χ1) is 8.41. The summed E-state index contributed by atoms with van der Waals surface area (Å²) >= 11 is 0. The third-order valence-electron chi connectivity index (χ3n) is 1.64. The van der Waals surface area contributed by atoms with E-state index in [1.807, 2.05) is 68.4 Å². The van der Waals surface area contributed by atoms with Crippen molar-refractivity contribution in [1.29, 1.82) is 0 Å². The molecule has 92 valence electrons. The summed E-state index contributed by atoms with van der Waals surface area (Å²) in [5.74, 6) is 0. The van der Waals surface area contributed by atoms with Gasteiger partial charge in [-0.25, -0.2) is 0 Å². The van der Waals surface area contributed by atoms with E-state index in [-0.39, 0.29) is 0 Å². The van der Waals surface area contributed by atoms with E-state index >= 15 is 0 Å². The molecule has 0 fully saturated rings. The Labute approximate surface area is 104 Å². The van der Waals surface area contributed by atoms with E-state index in [9.17, 15) is 0 Å². The Hall–Kier alpha value is -1.67. The van der Waals surface area contributed by atoms with Crippen molar-refractivity contribution in [2.75, 3.05) is 13.2 Å². The molecule has 0 atom stereocenters. The summed E-state index contributed by atoms with van der Waals surface area (Å²) in [6.07, 6.45) is 3.50. The molecule has 0 aliphatic heterocycles. The Bertz CT molecular complexity index is 223. The summed E-state index contributed by atoms with van der Waals surface area (Å²) in [5.41, 5.74) is 0. The summed E-state index contributed by atoms with van der Waals surface area (Å²) in [4.78, 5) is 3.78. The van der Waals surface area contributed by atoms with Crippen molar-refractivity contribution in [1.82, 2.24) is 4.98 Å². The number of pyridine rings is 1. The monoisotopic (exact) mass is 231 g/mol. The molecule has 0 aliphatic carbocycles. The zero-order valence-electron chi connectivity index (χ0n) is 10.6. The number of hydrogen-bond donors (Lipinski definition) is 0. The van der Waals surface area contributed by atoms with Gasteiger partial charge in [0.05, 0.1) is 0 Å². The largest absolute Gasteiger partial charge is 0.382 e. The number of nitrogens with zero attached hydrogens (tertiary/aromatic N) is 1. The van der Waals surface area contributed by atoms with Gasteiger partial charge in [0.1, 0.15) is 0 Å². The van der Waals surface area contributed by atoms with Gasteiger partial charge < -0.3 is 4.74 Å². The molecule has 0 bridgehead atoms. The van der Waals surface area contributed by atoms with E-state index in [0.717, 1.165) is 13.2 Å². The minimum atomic E-state index is 0.844. The Morgan fingerprint density at radius 1 is 0.647 bits per heavy atom. The lowest BCUT2D eigenvalue weighted by molar-refractivity contribution is 0.162. The molecule has 0 radical (unpaired) electrons. The van der Waals surface area contributed by atoms with Crippen LogP contribution < -0.4 is 0 Å². The fraction of sp³-hybridized carbons (Fsp3) is 0.267. The van der Waals surface area contributed by atoms with Gasteiger partial charge in [-0.15, -0.1) is 0 Å². The fourth-order valence-corrected chi connectivity index (χ4v) is 0.902. The van der Waals surface area contributed by atoms with Crippen LogP contribution in [0.25, 0.3) is 0 Å². The molecular weight excluding hydrogens is 210 g/mol. The number of ether oxygens (including phenoxy) is 1. The molecule has 0 saturated carbocycles. The molecule has 1 aromatic heterocycles. The summed E-state index contributed by atoms with van der Waals surface area (Å²) < 4.78 is 4.83. The van der Waals surface area contributed by atoms with Gasteiger partial charge in [0.2, 0.25) is 0 Å². The highest BCUT2D eigenvalue weighted by Crippen LogP contribution is 1.79. The van der Waals surface area contributed by atoms with Crippen LogP contribution in [-0.4, -0.2) is 18.2 Å². The maximum absolute atomic E-state index is 4.83. The van der Waals surface area contributed by atoms with Crippen LogP contribution in [0.15, 0.2) is 67.0 Å². The van der Waals surface area contributed by atoms with Crippen LogP contribution in [0.1, 0.15) is 13.8 Å². The smallest absolute Gasteiger partial charge is 0.0437 e. The SMILES string of the molecule is CCOCC.c1ccccc1.c1ccncc1. The normalized spacial score (nSPS) is 8.12. The molecule has 0 spiro atoms. The molecular formula is C15H21NO. The number of rotatable bonds is 2. The lowest BCUT2D eigenvalue weighted by Crippen LogP contribution is -1.84. The van der Waals surface area contributed by atoms with Crippen molar-refractivity contribution in [2.24, 2.45) is 0 Å². The van der Waals surface area contributed by atoms with Crippen molar-refractivity contribution < 1.29 is 4.74 Å². The lowest BCUT2D eigenvalue weighted by atomic mass is 10.4. The summed E-state index contributed by atoms with van der Waals surface area (Å²) in [7, 11) is 0. The van der Waals surface area contributed by atoms with E-state index < -0.39 is 0 Å². The number of aromatic nitrogens is 1. The van der Waals surface area contributed by atoms with Gasteiger partial charge in [0.25, 0.3) is 0 Å². The van der Waals surface area contributed by atoms with Crippen LogP contribution in [0, 0.1) is 0 Å². The van der Waals surface area contributed by atoms with Gasteiger partial charge >= 0.3 is 0 Å². The van der Waals surface area contributed by atoms with E-state index in [2.05, 4.69) is 4.98 Å². The second kappa shape index (κ2) is 14.3. The van der Waals surface area contributed by atoms with Gasteiger partial charge in [-0.1, -0.05) is 42.5 Å². The molecule has 1 heterocycles. The quantitative estimate of drug-likeness (QED) is 0.784. The second-order valence-corrected chi connectivity index (χ2v) is 2.96. The highest BCUT2D eigenvalue weighted by atomic mass is 16.5. The zero-order chi connectivity index (χ0) is 12.6. The molecule has 2 heteroatoms. The van der Waals surface area contributed by atoms with Gasteiger partial charge in [0.15, 0.2) is 0 Å². The van der Waals surface area contributed by atoms with E-state index in [1.54, 1.807) is 12.4 Å². The maximum atomic E-state index is 4.83. The molecule has 2 nitrogen and oxygen atoms in total. The van der Waals surface area contributed by atoms with E-state index in [0.29, 0.717) is 0 Å². The Kier molecular flexibility index (Phi) is 12.9. The Morgan fingerprint density at radius 2 is 1.00 bits per heavy atom. The predicted octanol–water partition coefficient (Wildman–Crippen LogP) is 3.81. The molecule has 2 aromatic rings. The minimum Gasteiger partial charge on any atom is -0.382 e. The Balaban J connectivity index is 0.000000228. The summed E-state index contributed by atoms with van der Waals surface area (Å²) in [6, 6.07) is 17.7. The zero-order valence-corrected chi connectivity index (χ0v) is 10.6. The van der Waals surface area contributed by atoms with Crippen molar-refractivity contribution in [3.05, 3.63) is 67.0 Å². The molecule has 0 saturated heterocycles. The van der Waals surface area contributed by atoms with Crippen LogP contribution in [0.3, 0.4) is 0 Å². The van der Waals surface area contributed by atoms with Gasteiger partial charge in [0, 0.05) is 25.6 Å². The van der Waals surface area contributed by atoms with Crippen molar-refractivity contribution in [2.45, 2.75) is 13.8 Å². The van der Waals surface area contributed by atoms with Crippen LogP contribution in [-0.2, 0) is 4.74 Å². The third-order valence-corrected chi connectivity index (χ3v) is 1.64. The van der Waals surface area contributed by atoms with E-state index in [1.165, 1.54) is 0 Å². The first kappa shape index (κ1) is 15.3. The van der Waals surface area contributed by atoms with Crippen molar-refractivity contribution in [3.8, 4) is 0 Å². The van der Waals surface area contributed by atoms with Gasteiger partial charge in [-0.3, -0.25) is 4.98 Å². The molecule has 0 unspecified atom stereocenters. The van der Waals surface area contributed by atoms with Crippen molar-refractivity contribution >= 4 is 0 Å². The topological polar surface area (TPSA) is 22.1 Å². The van der Waals surface area contributed by atoms with Gasteiger partial charge in [-0.2, -0.15) is 0 Å². The standard InChI is InChI=1S/C6H6.C5H5N.C4H10O/c2*1-2-4-6-5-3-1;1-3-5-4-2/h1-6H;1-5H;3-4H2,1-2H3. The highest BCUT2D eigenvalue weighted by molar-refractivity contribution is 4.99.